The van der Waals surface area contributed by atoms with Crippen molar-refractivity contribution in [2.75, 3.05) is 25.5 Å². The monoisotopic (exact) mass is 539 g/mol. The zero-order valence-corrected chi connectivity index (χ0v) is 20.7. The van der Waals surface area contributed by atoms with Gasteiger partial charge in [0.25, 0.3) is 28.2 Å². The van der Waals surface area contributed by atoms with Crippen molar-refractivity contribution in [1.29, 1.82) is 0 Å². The van der Waals surface area contributed by atoms with Crippen LogP contribution in [0.4, 0.5) is 14.7 Å². The molecule has 0 saturated heterocycles. The number of H-pyrrole nitrogens is 1. The summed E-state index contributed by atoms with van der Waals surface area (Å²) in [5.41, 5.74) is 2.47. The lowest BCUT2D eigenvalue weighted by Gasteiger charge is -2.14. The normalized spacial score (nSPS) is 11.6. The fraction of sp³-hybridized carbons (Fsp3) is 0.227. The van der Waals surface area contributed by atoms with Gasteiger partial charge < -0.3 is 19.2 Å². The molecule has 0 bridgehead atoms. The number of hydrogen-bond donors (Lipinski definition) is 2. The second-order valence-electron chi connectivity index (χ2n) is 7.37. The number of halogens is 3. The Morgan fingerprint density at radius 2 is 1.83 bits per heavy atom. The molecular formula is C22H20ClF2N5O5S. The SMILES string of the molecule is COc1nc(NS(=O)(=O)c2c[nH]c3c(-c4ncccc4C)c(Cl)ccc23)nc(OC)c1OCC(F)F. The van der Waals surface area contributed by atoms with Gasteiger partial charge in [-0.3, -0.25) is 4.98 Å². The van der Waals surface area contributed by atoms with Crippen molar-refractivity contribution < 1.29 is 31.4 Å². The molecule has 190 valence electrons. The number of fused-ring (bicyclic) bond motifs is 1. The molecule has 0 unspecified atom stereocenters. The van der Waals surface area contributed by atoms with E-state index in [2.05, 4.69) is 24.7 Å². The minimum atomic E-state index is -4.25. The molecule has 10 nitrogen and oxygen atoms in total. The van der Waals surface area contributed by atoms with E-state index in [1.54, 1.807) is 24.4 Å². The molecule has 3 aromatic heterocycles. The van der Waals surface area contributed by atoms with Gasteiger partial charge in [0.1, 0.15) is 11.5 Å². The highest BCUT2D eigenvalue weighted by Crippen LogP contribution is 2.39. The van der Waals surface area contributed by atoms with Crippen molar-refractivity contribution in [3.8, 4) is 28.8 Å². The molecule has 4 aromatic rings. The summed E-state index contributed by atoms with van der Waals surface area (Å²) in [6, 6.07) is 6.80. The van der Waals surface area contributed by atoms with Gasteiger partial charge in [-0.15, -0.1) is 0 Å². The number of benzene rings is 1. The predicted octanol–water partition coefficient (Wildman–Crippen LogP) is 4.44. The van der Waals surface area contributed by atoms with Crippen LogP contribution in [-0.2, 0) is 10.0 Å². The molecule has 4 rings (SSSR count). The highest BCUT2D eigenvalue weighted by molar-refractivity contribution is 7.93. The molecule has 0 aliphatic carbocycles. The standard InChI is InChI=1S/C22H20ClF2N5O5S/c1-11-5-4-8-26-17(11)16-13(23)7-6-12-14(9-27-18(12)16)36(31,32)30-22-28-20(33-2)19(21(29-22)34-3)35-10-15(24)25/h4-9,15,27H,10H2,1-3H3,(H,28,29,30). The quantitative estimate of drug-likeness (QED) is 0.319. The summed E-state index contributed by atoms with van der Waals surface area (Å²) < 4.78 is 69.2. The maximum atomic E-state index is 13.3. The van der Waals surface area contributed by atoms with Gasteiger partial charge in [-0.1, -0.05) is 17.7 Å². The smallest absolute Gasteiger partial charge is 0.272 e. The minimum Gasteiger partial charge on any atom is -0.478 e. The predicted molar refractivity (Wildman–Crippen MR) is 129 cm³/mol. The van der Waals surface area contributed by atoms with Crippen molar-refractivity contribution in [2.24, 2.45) is 0 Å². The van der Waals surface area contributed by atoms with Gasteiger partial charge >= 0.3 is 0 Å². The molecule has 0 aliphatic heterocycles. The van der Waals surface area contributed by atoms with Crippen LogP contribution in [-0.4, -0.2) is 55.6 Å². The Hall–Kier alpha value is -3.71. The van der Waals surface area contributed by atoms with Crippen molar-refractivity contribution in [3.63, 3.8) is 0 Å². The molecule has 0 saturated carbocycles. The van der Waals surface area contributed by atoms with Gasteiger partial charge in [0.2, 0.25) is 11.7 Å². The number of aromatic nitrogens is 4. The Kier molecular flexibility index (Phi) is 7.13. The van der Waals surface area contributed by atoms with Gasteiger partial charge in [-0.2, -0.15) is 9.97 Å². The van der Waals surface area contributed by atoms with E-state index in [1.165, 1.54) is 20.4 Å². The van der Waals surface area contributed by atoms with Crippen molar-refractivity contribution in [3.05, 3.63) is 47.2 Å². The number of nitrogens with zero attached hydrogens (tertiary/aromatic N) is 3. The third-order valence-corrected chi connectivity index (χ3v) is 6.76. The van der Waals surface area contributed by atoms with E-state index in [4.69, 9.17) is 25.8 Å². The van der Waals surface area contributed by atoms with Gasteiger partial charge in [0.05, 0.1) is 30.5 Å². The average molecular weight is 540 g/mol. The Morgan fingerprint density at radius 1 is 1.14 bits per heavy atom. The van der Waals surface area contributed by atoms with E-state index in [1.807, 2.05) is 13.0 Å². The number of ether oxygens (including phenoxy) is 3. The highest BCUT2D eigenvalue weighted by Gasteiger charge is 2.26. The number of nitrogens with one attached hydrogen (secondary N) is 2. The summed E-state index contributed by atoms with van der Waals surface area (Å²) in [5, 5.41) is 0.739. The zero-order valence-electron chi connectivity index (χ0n) is 19.2. The largest absolute Gasteiger partial charge is 0.478 e. The molecule has 0 fully saturated rings. The van der Waals surface area contributed by atoms with Crippen LogP contribution in [0.1, 0.15) is 5.56 Å². The number of anilines is 1. The third-order valence-electron chi connectivity index (χ3n) is 5.07. The van der Waals surface area contributed by atoms with Crippen LogP contribution in [0.15, 0.2) is 41.6 Å². The number of rotatable bonds is 9. The maximum Gasteiger partial charge on any atom is 0.272 e. The fourth-order valence-corrected chi connectivity index (χ4v) is 4.89. The number of aryl methyl sites for hydroxylation is 1. The lowest BCUT2D eigenvalue weighted by Crippen LogP contribution is -2.16. The fourth-order valence-electron chi connectivity index (χ4n) is 3.53. The first-order valence-corrected chi connectivity index (χ1v) is 12.2. The van der Waals surface area contributed by atoms with Crippen LogP contribution in [0.2, 0.25) is 5.02 Å². The number of sulfonamides is 1. The summed E-state index contributed by atoms with van der Waals surface area (Å²) in [7, 11) is -1.83. The van der Waals surface area contributed by atoms with Crippen molar-refractivity contribution in [2.45, 2.75) is 18.2 Å². The second-order valence-corrected chi connectivity index (χ2v) is 9.43. The van der Waals surface area contributed by atoms with Crippen LogP contribution in [0, 0.1) is 6.92 Å². The number of methoxy groups -OCH3 is 2. The Bertz CT molecular complexity index is 1510. The van der Waals surface area contributed by atoms with Gasteiger partial charge in [0.15, 0.2) is 0 Å². The summed E-state index contributed by atoms with van der Waals surface area (Å²) in [4.78, 5) is 15.1. The van der Waals surface area contributed by atoms with E-state index in [-0.39, 0.29) is 22.4 Å². The summed E-state index contributed by atoms with van der Waals surface area (Å²) in [5.74, 6) is -1.30. The molecular weight excluding hydrogens is 520 g/mol. The number of pyridine rings is 1. The molecule has 0 amide bonds. The summed E-state index contributed by atoms with van der Waals surface area (Å²) >= 11 is 6.46. The van der Waals surface area contributed by atoms with Crippen molar-refractivity contribution >= 4 is 38.5 Å². The Morgan fingerprint density at radius 3 is 2.44 bits per heavy atom. The van der Waals surface area contributed by atoms with Crippen LogP contribution in [0.25, 0.3) is 22.2 Å². The van der Waals surface area contributed by atoms with E-state index in [0.717, 1.165) is 5.56 Å². The lowest BCUT2D eigenvalue weighted by atomic mass is 10.0. The van der Waals surface area contributed by atoms with Crippen LogP contribution >= 0.6 is 11.6 Å². The van der Waals surface area contributed by atoms with E-state index >= 15 is 0 Å². The molecule has 0 spiro atoms. The molecule has 36 heavy (non-hydrogen) atoms. The summed E-state index contributed by atoms with van der Waals surface area (Å²) in [6.45, 7) is 0.906. The molecule has 0 atom stereocenters. The maximum absolute atomic E-state index is 13.3. The number of alkyl halides is 2. The Balaban J connectivity index is 1.76. The van der Waals surface area contributed by atoms with Crippen LogP contribution in [0.5, 0.6) is 17.5 Å². The Labute approximate surface area is 209 Å². The molecule has 1 aromatic carbocycles. The second kappa shape index (κ2) is 10.1. The van der Waals surface area contributed by atoms with E-state index < -0.39 is 29.0 Å². The molecule has 3 heterocycles. The molecule has 2 N–H and O–H groups in total. The topological polar surface area (TPSA) is 128 Å². The van der Waals surface area contributed by atoms with Gasteiger partial charge in [-0.25, -0.2) is 21.9 Å². The average Bonchev–Trinajstić information content (AvgIpc) is 3.28. The molecule has 0 radical (unpaired) electrons. The van der Waals surface area contributed by atoms with Crippen LogP contribution < -0.4 is 18.9 Å². The molecule has 0 aliphatic rings. The highest BCUT2D eigenvalue weighted by atomic mass is 35.5. The zero-order chi connectivity index (χ0) is 26.0. The number of aromatic amines is 1. The lowest BCUT2D eigenvalue weighted by molar-refractivity contribution is 0.0781. The minimum absolute atomic E-state index is 0.108. The first-order chi connectivity index (χ1) is 17.2. The third kappa shape index (κ3) is 4.84. The summed E-state index contributed by atoms with van der Waals surface area (Å²) in [6.07, 6.45) is 0.152. The molecule has 14 heteroatoms. The first-order valence-electron chi connectivity index (χ1n) is 10.3. The van der Waals surface area contributed by atoms with Gasteiger partial charge in [0, 0.05) is 23.3 Å². The first kappa shape index (κ1) is 25.4. The number of hydrogen-bond acceptors (Lipinski definition) is 8. The van der Waals surface area contributed by atoms with E-state index in [9.17, 15) is 17.2 Å². The van der Waals surface area contributed by atoms with Crippen molar-refractivity contribution in [1.82, 2.24) is 19.9 Å². The van der Waals surface area contributed by atoms with E-state index in [0.29, 0.717) is 27.2 Å². The van der Waals surface area contributed by atoms with Crippen LogP contribution in [0.3, 0.4) is 0 Å². The van der Waals surface area contributed by atoms with Gasteiger partial charge in [-0.05, 0) is 30.7 Å².